The summed E-state index contributed by atoms with van der Waals surface area (Å²) in [4.78, 5) is 23.7. The number of Topliss-reactive ketones (excluding diaryl/α,β-unsaturated/α-hetero) is 1. The molecule has 0 radical (unpaired) electrons. The number of carbonyl (C=O) groups excluding carboxylic acids is 2. The lowest BCUT2D eigenvalue weighted by atomic mass is 9.83. The first-order valence-corrected chi connectivity index (χ1v) is 6.71. The smallest absolute Gasteiger partial charge is 0.306 e. The van der Waals surface area contributed by atoms with Crippen LogP contribution in [0.1, 0.15) is 67.7 Å². The van der Waals surface area contributed by atoms with Gasteiger partial charge in [0.05, 0.1) is 0 Å². The molecule has 106 valence electrons. The Labute approximate surface area is 111 Å². The van der Waals surface area contributed by atoms with Gasteiger partial charge in [-0.25, -0.2) is 0 Å². The zero-order valence-corrected chi connectivity index (χ0v) is 12.9. The summed E-state index contributed by atoms with van der Waals surface area (Å²) in [7, 11) is 0. The molecule has 0 aromatic carbocycles. The average Bonchev–Trinajstić information content (AvgIpc) is 2.11. The SMILES string of the molecule is CCC(CC(=O)OC(C)(C)C)CC(=O)C(C)(C)C. The molecule has 0 spiro atoms. The third-order valence-electron chi connectivity index (χ3n) is 2.76. The van der Waals surface area contributed by atoms with Gasteiger partial charge in [-0.2, -0.15) is 0 Å². The lowest BCUT2D eigenvalue weighted by Crippen LogP contribution is -2.27. The van der Waals surface area contributed by atoms with Crippen LogP contribution in [0.5, 0.6) is 0 Å². The molecule has 3 nitrogen and oxygen atoms in total. The van der Waals surface area contributed by atoms with E-state index >= 15 is 0 Å². The molecule has 0 N–H and O–H groups in total. The van der Waals surface area contributed by atoms with Gasteiger partial charge in [0.15, 0.2) is 0 Å². The standard InChI is InChI=1S/C15H28O3/c1-8-11(9-12(16)14(2,3)4)10-13(17)18-15(5,6)7/h11H,8-10H2,1-7H3. The molecule has 0 aliphatic heterocycles. The first-order chi connectivity index (χ1) is 7.95. The number of hydrogen-bond donors (Lipinski definition) is 0. The van der Waals surface area contributed by atoms with Crippen molar-refractivity contribution >= 4 is 11.8 Å². The van der Waals surface area contributed by atoms with E-state index in [-0.39, 0.29) is 23.1 Å². The molecule has 3 heteroatoms. The minimum atomic E-state index is -0.455. The predicted molar refractivity (Wildman–Crippen MR) is 73.3 cm³/mol. The van der Waals surface area contributed by atoms with E-state index in [2.05, 4.69) is 0 Å². The normalized spacial score (nSPS) is 14.2. The maximum absolute atomic E-state index is 11.9. The Balaban J connectivity index is 4.37. The number of ketones is 1. The van der Waals surface area contributed by atoms with Gasteiger partial charge in [0.2, 0.25) is 0 Å². The zero-order chi connectivity index (χ0) is 14.6. The molecule has 0 aromatic heterocycles. The highest BCUT2D eigenvalue weighted by molar-refractivity contribution is 5.84. The van der Waals surface area contributed by atoms with Gasteiger partial charge in [-0.15, -0.1) is 0 Å². The molecule has 0 heterocycles. The summed E-state index contributed by atoms with van der Waals surface area (Å²) >= 11 is 0. The highest BCUT2D eigenvalue weighted by atomic mass is 16.6. The fourth-order valence-corrected chi connectivity index (χ4v) is 1.55. The van der Waals surface area contributed by atoms with E-state index < -0.39 is 5.60 Å². The Kier molecular flexibility index (Phi) is 6.05. The van der Waals surface area contributed by atoms with Gasteiger partial charge >= 0.3 is 5.97 Å². The van der Waals surface area contributed by atoms with E-state index in [0.717, 1.165) is 6.42 Å². The van der Waals surface area contributed by atoms with E-state index in [1.165, 1.54) is 0 Å². The summed E-state index contributed by atoms with van der Waals surface area (Å²) in [6, 6.07) is 0. The Bertz CT molecular complexity index is 292. The summed E-state index contributed by atoms with van der Waals surface area (Å²) in [6.45, 7) is 13.3. The van der Waals surface area contributed by atoms with Crippen molar-refractivity contribution in [1.82, 2.24) is 0 Å². The van der Waals surface area contributed by atoms with E-state index in [1.54, 1.807) is 0 Å². The van der Waals surface area contributed by atoms with Gasteiger partial charge < -0.3 is 4.74 Å². The van der Waals surface area contributed by atoms with Crippen LogP contribution in [0.15, 0.2) is 0 Å². The summed E-state index contributed by atoms with van der Waals surface area (Å²) in [5.74, 6) is 0.0838. The maximum Gasteiger partial charge on any atom is 0.306 e. The summed E-state index contributed by atoms with van der Waals surface area (Å²) in [5, 5.41) is 0. The van der Waals surface area contributed by atoms with Crippen LogP contribution in [-0.4, -0.2) is 17.4 Å². The lowest BCUT2D eigenvalue weighted by Gasteiger charge is -2.23. The van der Waals surface area contributed by atoms with E-state index in [9.17, 15) is 9.59 Å². The third kappa shape index (κ3) is 7.46. The zero-order valence-electron chi connectivity index (χ0n) is 12.9. The second-order valence-corrected chi connectivity index (χ2v) is 6.94. The number of carbonyl (C=O) groups is 2. The number of rotatable bonds is 5. The Morgan fingerprint density at radius 2 is 1.50 bits per heavy atom. The van der Waals surface area contributed by atoms with Crippen molar-refractivity contribution < 1.29 is 14.3 Å². The van der Waals surface area contributed by atoms with Crippen molar-refractivity contribution in [1.29, 1.82) is 0 Å². The second kappa shape index (κ2) is 6.35. The molecular weight excluding hydrogens is 228 g/mol. The number of ether oxygens (including phenoxy) is 1. The number of hydrogen-bond acceptors (Lipinski definition) is 3. The van der Waals surface area contributed by atoms with Gasteiger partial charge in [-0.05, 0) is 26.7 Å². The Morgan fingerprint density at radius 1 is 1.00 bits per heavy atom. The van der Waals surface area contributed by atoms with Gasteiger partial charge in [0.1, 0.15) is 11.4 Å². The first-order valence-electron chi connectivity index (χ1n) is 6.71. The van der Waals surface area contributed by atoms with E-state index in [4.69, 9.17) is 4.74 Å². The molecule has 0 aromatic rings. The minimum Gasteiger partial charge on any atom is -0.460 e. The molecule has 0 saturated heterocycles. The van der Waals surface area contributed by atoms with Crippen LogP contribution in [-0.2, 0) is 14.3 Å². The molecule has 0 amide bonds. The molecule has 0 saturated carbocycles. The third-order valence-corrected chi connectivity index (χ3v) is 2.76. The lowest BCUT2D eigenvalue weighted by molar-refractivity contribution is -0.156. The predicted octanol–water partition coefficient (Wildman–Crippen LogP) is 3.75. The van der Waals surface area contributed by atoms with Crippen LogP contribution in [0.25, 0.3) is 0 Å². The van der Waals surface area contributed by atoms with Crippen LogP contribution in [0, 0.1) is 11.3 Å². The fourth-order valence-electron chi connectivity index (χ4n) is 1.55. The monoisotopic (exact) mass is 256 g/mol. The Hall–Kier alpha value is -0.860. The molecule has 1 unspecified atom stereocenters. The van der Waals surface area contributed by atoms with Crippen molar-refractivity contribution in [2.24, 2.45) is 11.3 Å². The summed E-state index contributed by atoms with van der Waals surface area (Å²) in [6.07, 6.45) is 1.61. The summed E-state index contributed by atoms with van der Waals surface area (Å²) < 4.78 is 5.29. The highest BCUT2D eigenvalue weighted by Gasteiger charge is 2.26. The van der Waals surface area contributed by atoms with Gasteiger partial charge in [0, 0.05) is 18.3 Å². The van der Waals surface area contributed by atoms with Gasteiger partial charge in [-0.1, -0.05) is 34.1 Å². The molecule has 0 aliphatic carbocycles. The molecule has 18 heavy (non-hydrogen) atoms. The largest absolute Gasteiger partial charge is 0.460 e. The molecule has 0 fully saturated rings. The van der Waals surface area contributed by atoms with Crippen molar-refractivity contribution in [3.8, 4) is 0 Å². The van der Waals surface area contributed by atoms with Gasteiger partial charge in [-0.3, -0.25) is 9.59 Å². The van der Waals surface area contributed by atoms with Crippen molar-refractivity contribution in [2.75, 3.05) is 0 Å². The van der Waals surface area contributed by atoms with Crippen LogP contribution in [0.4, 0.5) is 0 Å². The average molecular weight is 256 g/mol. The summed E-state index contributed by atoms with van der Waals surface area (Å²) in [5.41, 5.74) is -0.787. The van der Waals surface area contributed by atoms with Crippen LogP contribution in [0.2, 0.25) is 0 Å². The highest BCUT2D eigenvalue weighted by Crippen LogP contribution is 2.24. The van der Waals surface area contributed by atoms with Crippen LogP contribution < -0.4 is 0 Å². The molecule has 1 atom stereocenters. The minimum absolute atomic E-state index is 0.0894. The van der Waals surface area contributed by atoms with Crippen LogP contribution >= 0.6 is 0 Å². The molecule has 0 aliphatic rings. The van der Waals surface area contributed by atoms with Crippen LogP contribution in [0.3, 0.4) is 0 Å². The fraction of sp³-hybridized carbons (Fsp3) is 0.867. The van der Waals surface area contributed by atoms with Crippen molar-refractivity contribution in [2.45, 2.75) is 73.3 Å². The molecule has 0 bridgehead atoms. The first kappa shape index (κ1) is 17.1. The van der Waals surface area contributed by atoms with Crippen molar-refractivity contribution in [3.05, 3.63) is 0 Å². The molecule has 0 rings (SSSR count). The maximum atomic E-state index is 11.9. The quantitative estimate of drug-likeness (QED) is 0.704. The number of esters is 1. The van der Waals surface area contributed by atoms with Gasteiger partial charge in [0.25, 0.3) is 0 Å². The van der Waals surface area contributed by atoms with E-state index in [1.807, 2.05) is 48.5 Å². The van der Waals surface area contributed by atoms with E-state index in [0.29, 0.717) is 12.8 Å². The Morgan fingerprint density at radius 3 is 1.83 bits per heavy atom. The van der Waals surface area contributed by atoms with Crippen molar-refractivity contribution in [3.63, 3.8) is 0 Å². The topological polar surface area (TPSA) is 43.4 Å². The molecular formula is C15H28O3. The second-order valence-electron chi connectivity index (χ2n) is 6.94.